The minimum Gasteiger partial charge on any atom is -0.339 e. The highest BCUT2D eigenvalue weighted by Crippen LogP contribution is 2.20. The lowest BCUT2D eigenvalue weighted by molar-refractivity contribution is 0.394. The van der Waals surface area contributed by atoms with Gasteiger partial charge in [-0.25, -0.2) is 0 Å². The Labute approximate surface area is 89.1 Å². The Bertz CT molecular complexity index is 474. The summed E-state index contributed by atoms with van der Waals surface area (Å²) in [5.74, 6) is 1.27. The number of aromatic nitrogens is 2. The molecule has 0 fully saturated rings. The van der Waals surface area contributed by atoms with Crippen molar-refractivity contribution in [1.29, 1.82) is 0 Å². The van der Waals surface area contributed by atoms with E-state index >= 15 is 0 Å². The third-order valence-electron chi connectivity index (χ3n) is 2.52. The molecule has 0 atom stereocenters. The van der Waals surface area contributed by atoms with Crippen molar-refractivity contribution in [2.75, 3.05) is 0 Å². The average molecular weight is 202 g/mol. The molecule has 0 saturated heterocycles. The largest absolute Gasteiger partial charge is 0.339 e. The molecule has 15 heavy (non-hydrogen) atoms. The second-order valence-electron chi connectivity index (χ2n) is 3.63. The molecule has 2 aromatic rings. The van der Waals surface area contributed by atoms with Crippen molar-refractivity contribution >= 4 is 0 Å². The molecule has 1 heterocycles. The highest BCUT2D eigenvalue weighted by Gasteiger charge is 2.06. The molecule has 0 saturated carbocycles. The van der Waals surface area contributed by atoms with Gasteiger partial charge in [-0.3, -0.25) is 0 Å². The molecule has 3 nitrogen and oxygen atoms in total. The van der Waals surface area contributed by atoms with Crippen molar-refractivity contribution in [3.8, 4) is 11.4 Å². The first-order valence-corrected chi connectivity index (χ1v) is 5.11. The Morgan fingerprint density at radius 2 is 2.07 bits per heavy atom. The maximum Gasteiger partial charge on any atom is 0.223 e. The van der Waals surface area contributed by atoms with E-state index in [4.69, 9.17) is 4.52 Å². The number of hydrogen-bond acceptors (Lipinski definition) is 3. The summed E-state index contributed by atoms with van der Waals surface area (Å²) >= 11 is 0. The normalized spacial score (nSPS) is 10.6. The van der Waals surface area contributed by atoms with Crippen LogP contribution >= 0.6 is 0 Å². The van der Waals surface area contributed by atoms with Crippen molar-refractivity contribution in [2.45, 2.75) is 27.2 Å². The van der Waals surface area contributed by atoms with Crippen LogP contribution in [0.4, 0.5) is 0 Å². The van der Waals surface area contributed by atoms with Crippen molar-refractivity contribution in [3.63, 3.8) is 0 Å². The van der Waals surface area contributed by atoms with E-state index in [2.05, 4.69) is 36.1 Å². The molecule has 0 amide bonds. The van der Waals surface area contributed by atoms with Gasteiger partial charge in [0.25, 0.3) is 0 Å². The van der Waals surface area contributed by atoms with E-state index in [0.717, 1.165) is 12.0 Å². The van der Waals surface area contributed by atoms with Gasteiger partial charge in [0.05, 0.1) is 0 Å². The van der Waals surface area contributed by atoms with Crippen LogP contribution in [0.1, 0.15) is 23.9 Å². The molecule has 1 aromatic carbocycles. The molecule has 0 aliphatic rings. The molecule has 2 rings (SSSR count). The van der Waals surface area contributed by atoms with Crippen LogP contribution < -0.4 is 0 Å². The van der Waals surface area contributed by atoms with Crippen LogP contribution in [-0.2, 0) is 6.42 Å². The Morgan fingerprint density at radius 1 is 1.27 bits per heavy atom. The lowest BCUT2D eigenvalue weighted by Crippen LogP contribution is -1.89. The zero-order valence-corrected chi connectivity index (χ0v) is 9.24. The topological polar surface area (TPSA) is 38.9 Å². The van der Waals surface area contributed by atoms with Crippen LogP contribution in [0.25, 0.3) is 11.4 Å². The summed E-state index contributed by atoms with van der Waals surface area (Å²) in [6.07, 6.45) is 1.02. The summed E-state index contributed by atoms with van der Waals surface area (Å²) in [5, 5.41) is 3.90. The lowest BCUT2D eigenvalue weighted by atomic mass is 10.0. The maximum atomic E-state index is 4.96. The predicted octanol–water partition coefficient (Wildman–Crippen LogP) is 2.92. The van der Waals surface area contributed by atoms with Crippen LogP contribution in [-0.4, -0.2) is 10.1 Å². The highest BCUT2D eigenvalue weighted by atomic mass is 16.5. The summed E-state index contributed by atoms with van der Waals surface area (Å²) in [5.41, 5.74) is 3.66. The number of nitrogens with zero attached hydrogens (tertiary/aromatic N) is 2. The number of aryl methyl sites for hydroxylation is 3. The monoisotopic (exact) mass is 202 g/mol. The van der Waals surface area contributed by atoms with Gasteiger partial charge >= 0.3 is 0 Å². The quantitative estimate of drug-likeness (QED) is 0.751. The second kappa shape index (κ2) is 3.85. The Balaban J connectivity index is 2.45. The van der Waals surface area contributed by atoms with Gasteiger partial charge in [-0.2, -0.15) is 4.98 Å². The van der Waals surface area contributed by atoms with Crippen molar-refractivity contribution in [2.24, 2.45) is 0 Å². The van der Waals surface area contributed by atoms with Crippen LogP contribution in [0.2, 0.25) is 0 Å². The van der Waals surface area contributed by atoms with Gasteiger partial charge in [-0.1, -0.05) is 24.2 Å². The molecule has 0 radical (unpaired) electrons. The Morgan fingerprint density at radius 3 is 2.67 bits per heavy atom. The van der Waals surface area contributed by atoms with Crippen molar-refractivity contribution < 1.29 is 4.52 Å². The maximum absolute atomic E-state index is 4.96. The summed E-state index contributed by atoms with van der Waals surface area (Å²) in [4.78, 5) is 4.21. The van der Waals surface area contributed by atoms with E-state index in [9.17, 15) is 0 Å². The fourth-order valence-electron chi connectivity index (χ4n) is 1.61. The molecule has 3 heteroatoms. The van der Waals surface area contributed by atoms with Gasteiger partial charge in [0.15, 0.2) is 0 Å². The van der Waals surface area contributed by atoms with Crippen molar-refractivity contribution in [1.82, 2.24) is 10.1 Å². The van der Waals surface area contributed by atoms with Crippen LogP contribution in [0, 0.1) is 13.8 Å². The first kappa shape index (κ1) is 9.90. The van der Waals surface area contributed by atoms with E-state index < -0.39 is 0 Å². The third-order valence-corrected chi connectivity index (χ3v) is 2.52. The molecule has 0 N–H and O–H groups in total. The zero-order valence-electron chi connectivity index (χ0n) is 9.24. The van der Waals surface area contributed by atoms with Crippen LogP contribution in [0.15, 0.2) is 22.7 Å². The van der Waals surface area contributed by atoms with E-state index in [-0.39, 0.29) is 0 Å². The number of hydrogen-bond donors (Lipinski definition) is 0. The summed E-state index contributed by atoms with van der Waals surface area (Å²) in [6, 6.07) is 6.25. The van der Waals surface area contributed by atoms with Gasteiger partial charge in [-0.15, -0.1) is 0 Å². The van der Waals surface area contributed by atoms with Gasteiger partial charge in [0, 0.05) is 12.5 Å². The molecule has 1 aromatic heterocycles. The minimum absolute atomic E-state index is 0.601. The first-order valence-electron chi connectivity index (χ1n) is 5.11. The molecule has 0 spiro atoms. The molecule has 0 aliphatic carbocycles. The molecular weight excluding hydrogens is 188 g/mol. The lowest BCUT2D eigenvalue weighted by Gasteiger charge is -2.03. The number of benzene rings is 1. The predicted molar refractivity (Wildman–Crippen MR) is 58.6 cm³/mol. The van der Waals surface area contributed by atoms with Gasteiger partial charge < -0.3 is 4.52 Å². The highest BCUT2D eigenvalue weighted by molar-refractivity contribution is 5.56. The van der Waals surface area contributed by atoms with Gasteiger partial charge in [0.2, 0.25) is 11.7 Å². The number of rotatable bonds is 2. The molecule has 0 unspecified atom stereocenters. The SMILES string of the molecule is CCc1cc(-c2noc(C)n2)ccc1C. The molecule has 0 bridgehead atoms. The fourth-order valence-corrected chi connectivity index (χ4v) is 1.61. The standard InChI is InChI=1S/C12H14N2O/c1-4-10-7-11(6-5-8(10)2)12-13-9(3)15-14-12/h5-7H,4H2,1-3H3. The summed E-state index contributed by atoms with van der Waals surface area (Å²) in [7, 11) is 0. The molecular formula is C12H14N2O. The average Bonchev–Trinajstić information content (AvgIpc) is 2.66. The Kier molecular flexibility index (Phi) is 2.54. The van der Waals surface area contributed by atoms with E-state index in [1.54, 1.807) is 6.92 Å². The van der Waals surface area contributed by atoms with Crippen LogP contribution in [0.3, 0.4) is 0 Å². The van der Waals surface area contributed by atoms with Crippen molar-refractivity contribution in [3.05, 3.63) is 35.2 Å². The minimum atomic E-state index is 0.601. The van der Waals surface area contributed by atoms with Gasteiger partial charge in [0.1, 0.15) is 0 Å². The Hall–Kier alpha value is -1.64. The fraction of sp³-hybridized carbons (Fsp3) is 0.333. The summed E-state index contributed by atoms with van der Waals surface area (Å²) < 4.78 is 4.96. The molecule has 0 aliphatic heterocycles. The first-order chi connectivity index (χ1) is 7.20. The summed E-state index contributed by atoms with van der Waals surface area (Å²) in [6.45, 7) is 6.06. The zero-order chi connectivity index (χ0) is 10.8. The van der Waals surface area contributed by atoms with E-state index in [1.807, 2.05) is 6.07 Å². The smallest absolute Gasteiger partial charge is 0.223 e. The van der Waals surface area contributed by atoms with Gasteiger partial charge in [-0.05, 0) is 30.5 Å². The van der Waals surface area contributed by atoms with Crippen LogP contribution in [0.5, 0.6) is 0 Å². The van der Waals surface area contributed by atoms with E-state index in [0.29, 0.717) is 11.7 Å². The van der Waals surface area contributed by atoms with E-state index in [1.165, 1.54) is 11.1 Å². The third kappa shape index (κ3) is 1.91. The molecule has 78 valence electrons. The second-order valence-corrected chi connectivity index (χ2v) is 3.63.